The summed E-state index contributed by atoms with van der Waals surface area (Å²) in [6, 6.07) is 3.53. The first kappa shape index (κ1) is 13.3. The van der Waals surface area contributed by atoms with E-state index in [-0.39, 0.29) is 10.6 Å². The lowest BCUT2D eigenvalue weighted by molar-refractivity contribution is 0.412. The Bertz CT molecular complexity index is 603. The zero-order valence-electron chi connectivity index (χ0n) is 8.47. The van der Waals surface area contributed by atoms with Crippen molar-refractivity contribution in [2.75, 3.05) is 13.4 Å². The van der Waals surface area contributed by atoms with Gasteiger partial charge >= 0.3 is 0 Å². The van der Waals surface area contributed by atoms with Gasteiger partial charge in [-0.3, -0.25) is 0 Å². The molecule has 0 atom stereocenters. The van der Waals surface area contributed by atoms with Gasteiger partial charge in [-0.05, 0) is 12.1 Å². The molecule has 8 heteroatoms. The van der Waals surface area contributed by atoms with Crippen LogP contribution in [0.2, 0.25) is 0 Å². The van der Waals surface area contributed by atoms with E-state index in [1.807, 2.05) is 0 Å². The minimum absolute atomic E-state index is 0.240. The fourth-order valence-electron chi connectivity index (χ4n) is 1.11. The van der Waals surface area contributed by atoms with Gasteiger partial charge in [0.05, 0.1) is 12.0 Å². The molecule has 0 bridgehead atoms. The minimum atomic E-state index is -4.10. The number of hydrogen-bond donors (Lipinski definition) is 0. The lowest BCUT2D eigenvalue weighted by Gasteiger charge is -2.07. The van der Waals surface area contributed by atoms with Crippen molar-refractivity contribution in [1.29, 1.82) is 0 Å². The van der Waals surface area contributed by atoms with Gasteiger partial charge in [-0.2, -0.15) is 0 Å². The van der Waals surface area contributed by atoms with E-state index >= 15 is 0 Å². The van der Waals surface area contributed by atoms with Gasteiger partial charge in [-0.25, -0.2) is 16.8 Å². The number of hydrogen-bond acceptors (Lipinski definition) is 5. The smallest absolute Gasteiger partial charge is 0.262 e. The maximum atomic E-state index is 11.4. The summed E-state index contributed by atoms with van der Waals surface area (Å²) in [6.07, 6.45) is 0.896. The molecule has 0 aliphatic carbocycles. The molecule has 90 valence electrons. The highest BCUT2D eigenvalue weighted by molar-refractivity contribution is 8.14. The predicted molar refractivity (Wildman–Crippen MR) is 59.1 cm³/mol. The number of rotatable bonds is 3. The zero-order valence-corrected chi connectivity index (χ0v) is 10.9. The summed E-state index contributed by atoms with van der Waals surface area (Å²) in [7, 11) is -1.32. The molecule has 16 heavy (non-hydrogen) atoms. The Hall–Kier alpha value is -0.790. The Morgan fingerprint density at radius 2 is 1.69 bits per heavy atom. The van der Waals surface area contributed by atoms with Gasteiger partial charge in [0, 0.05) is 23.0 Å². The van der Waals surface area contributed by atoms with Gasteiger partial charge in [0.1, 0.15) is 10.6 Å². The van der Waals surface area contributed by atoms with Gasteiger partial charge in [0.25, 0.3) is 9.05 Å². The van der Waals surface area contributed by atoms with Crippen molar-refractivity contribution >= 4 is 29.6 Å². The maximum Gasteiger partial charge on any atom is 0.262 e. The van der Waals surface area contributed by atoms with Crippen LogP contribution in [0.5, 0.6) is 5.75 Å². The van der Waals surface area contributed by atoms with E-state index in [9.17, 15) is 16.8 Å². The van der Waals surface area contributed by atoms with E-state index in [0.717, 1.165) is 18.4 Å². The summed E-state index contributed by atoms with van der Waals surface area (Å²) in [5, 5.41) is 0. The molecule has 0 radical (unpaired) electrons. The van der Waals surface area contributed by atoms with Gasteiger partial charge < -0.3 is 4.74 Å². The molecule has 0 N–H and O–H groups in total. The lowest BCUT2D eigenvalue weighted by atomic mass is 10.3. The fraction of sp³-hybridized carbons (Fsp3) is 0.250. The van der Waals surface area contributed by atoms with Gasteiger partial charge in [0.2, 0.25) is 0 Å². The highest BCUT2D eigenvalue weighted by atomic mass is 35.7. The highest BCUT2D eigenvalue weighted by Gasteiger charge is 2.22. The Kier molecular flexibility index (Phi) is 3.51. The molecule has 0 saturated heterocycles. The van der Waals surface area contributed by atoms with E-state index in [1.54, 1.807) is 0 Å². The van der Waals surface area contributed by atoms with Crippen molar-refractivity contribution in [2.24, 2.45) is 0 Å². The predicted octanol–water partition coefficient (Wildman–Crippen LogP) is 1.03. The van der Waals surface area contributed by atoms with Crippen molar-refractivity contribution in [3.8, 4) is 5.75 Å². The zero-order chi connectivity index (χ0) is 12.6. The molecule has 0 aliphatic heterocycles. The SMILES string of the molecule is COc1ccc(S(=O)(=O)Cl)c(S(C)(=O)=O)c1. The quantitative estimate of drug-likeness (QED) is 0.775. The third-order valence-electron chi connectivity index (χ3n) is 1.81. The van der Waals surface area contributed by atoms with Crippen molar-refractivity contribution in [1.82, 2.24) is 0 Å². The summed E-state index contributed by atoms with van der Waals surface area (Å²) < 4.78 is 49.9. The van der Waals surface area contributed by atoms with Crippen molar-refractivity contribution in [3.05, 3.63) is 18.2 Å². The first-order valence-electron chi connectivity index (χ1n) is 3.99. The Morgan fingerprint density at radius 1 is 1.12 bits per heavy atom. The van der Waals surface area contributed by atoms with Crippen LogP contribution in [-0.4, -0.2) is 30.2 Å². The summed E-state index contributed by atoms with van der Waals surface area (Å²) in [5.41, 5.74) is 0. The summed E-state index contributed by atoms with van der Waals surface area (Å²) >= 11 is 0. The molecular weight excluding hydrogens is 276 g/mol. The molecule has 1 aromatic carbocycles. The third-order valence-corrected chi connectivity index (χ3v) is 4.46. The third kappa shape index (κ3) is 2.87. The van der Waals surface area contributed by atoms with Crippen LogP contribution < -0.4 is 4.74 Å². The second-order valence-corrected chi connectivity index (χ2v) is 7.54. The van der Waals surface area contributed by atoms with Crippen LogP contribution in [0.3, 0.4) is 0 Å². The normalized spacial score (nSPS) is 12.4. The van der Waals surface area contributed by atoms with Gasteiger partial charge in [-0.1, -0.05) is 0 Å². The van der Waals surface area contributed by atoms with Crippen LogP contribution in [0.1, 0.15) is 0 Å². The molecule has 0 spiro atoms. The molecule has 1 rings (SSSR count). The minimum Gasteiger partial charge on any atom is -0.497 e. The van der Waals surface area contributed by atoms with Crippen LogP contribution in [0.4, 0.5) is 0 Å². The monoisotopic (exact) mass is 284 g/mol. The van der Waals surface area contributed by atoms with Crippen molar-refractivity contribution in [3.63, 3.8) is 0 Å². The number of ether oxygens (including phenoxy) is 1. The molecule has 0 saturated carbocycles. The van der Waals surface area contributed by atoms with Crippen LogP contribution in [-0.2, 0) is 18.9 Å². The average molecular weight is 285 g/mol. The number of benzene rings is 1. The summed E-state index contributed by atoms with van der Waals surface area (Å²) in [5.74, 6) is 0.240. The first-order valence-corrected chi connectivity index (χ1v) is 8.19. The van der Waals surface area contributed by atoms with Gasteiger partial charge in [0.15, 0.2) is 9.84 Å². The number of halogens is 1. The van der Waals surface area contributed by atoms with E-state index in [2.05, 4.69) is 0 Å². The number of sulfone groups is 1. The van der Waals surface area contributed by atoms with Crippen LogP contribution in [0.15, 0.2) is 28.0 Å². The Morgan fingerprint density at radius 3 is 2.06 bits per heavy atom. The molecule has 1 aromatic rings. The first-order chi connectivity index (χ1) is 7.16. The van der Waals surface area contributed by atoms with Crippen molar-refractivity contribution < 1.29 is 21.6 Å². The van der Waals surface area contributed by atoms with E-state index in [4.69, 9.17) is 15.4 Å². The molecule has 0 fully saturated rings. The highest BCUT2D eigenvalue weighted by Crippen LogP contribution is 2.27. The molecule has 0 heterocycles. The van der Waals surface area contributed by atoms with Crippen LogP contribution in [0.25, 0.3) is 0 Å². The van der Waals surface area contributed by atoms with E-state index in [0.29, 0.717) is 0 Å². The standard InChI is InChI=1S/C8H9ClO5S2/c1-14-6-3-4-7(16(9,12)13)8(5-6)15(2,10)11/h3-5H,1-2H3. The Balaban J connectivity index is 3.66. The average Bonchev–Trinajstić information content (AvgIpc) is 2.14. The van der Waals surface area contributed by atoms with Crippen LogP contribution >= 0.6 is 10.7 Å². The largest absolute Gasteiger partial charge is 0.497 e. The van der Waals surface area contributed by atoms with Gasteiger partial charge in [-0.15, -0.1) is 0 Å². The molecule has 5 nitrogen and oxygen atoms in total. The molecule has 0 aliphatic rings. The second-order valence-electron chi connectivity index (χ2n) is 3.02. The lowest BCUT2D eigenvalue weighted by Crippen LogP contribution is -2.05. The summed E-state index contributed by atoms with van der Waals surface area (Å²) in [6.45, 7) is 0. The fourth-order valence-corrected chi connectivity index (χ4v) is 3.72. The van der Waals surface area contributed by atoms with Crippen molar-refractivity contribution in [2.45, 2.75) is 9.79 Å². The molecule has 0 aromatic heterocycles. The molecular formula is C8H9ClO5S2. The van der Waals surface area contributed by atoms with E-state index in [1.165, 1.54) is 13.2 Å². The molecule has 0 amide bonds. The second kappa shape index (κ2) is 4.23. The Labute approximate surface area is 98.3 Å². The summed E-state index contributed by atoms with van der Waals surface area (Å²) in [4.78, 5) is -0.820. The maximum absolute atomic E-state index is 11.4. The molecule has 0 unspecified atom stereocenters. The van der Waals surface area contributed by atoms with E-state index < -0.39 is 23.8 Å². The van der Waals surface area contributed by atoms with Crippen LogP contribution in [0, 0.1) is 0 Å². The number of methoxy groups -OCH3 is 1. The topological polar surface area (TPSA) is 77.5 Å².